The fourth-order valence-electron chi connectivity index (χ4n) is 1.63. The zero-order valence-corrected chi connectivity index (χ0v) is 14.1. The van der Waals surface area contributed by atoms with Crippen molar-refractivity contribution >= 4 is 35.6 Å². The minimum absolute atomic E-state index is 0. The molecule has 4 nitrogen and oxygen atoms in total. The minimum atomic E-state index is 0. The van der Waals surface area contributed by atoms with Crippen LogP contribution in [-0.4, -0.2) is 32.6 Å². The van der Waals surface area contributed by atoms with Crippen LogP contribution in [0.1, 0.15) is 19.8 Å². The Labute approximate surface area is 133 Å². The normalized spacial score (nSPS) is 10.7. The van der Waals surface area contributed by atoms with E-state index < -0.39 is 0 Å². The molecule has 0 aliphatic heterocycles. The molecular weight excluding hydrogens is 351 g/mol. The summed E-state index contributed by atoms with van der Waals surface area (Å²) in [5.74, 6) is 0.555. The number of rotatable bonds is 7. The maximum Gasteiger partial charge on any atom is 0.188 e. The van der Waals surface area contributed by atoms with Crippen LogP contribution in [0.3, 0.4) is 0 Å². The van der Waals surface area contributed by atoms with Gasteiger partial charge in [-0.05, 0) is 25.0 Å². The van der Waals surface area contributed by atoms with Gasteiger partial charge >= 0.3 is 0 Å². The first-order chi connectivity index (χ1) is 8.74. The van der Waals surface area contributed by atoms with Crippen molar-refractivity contribution in [1.29, 1.82) is 0 Å². The van der Waals surface area contributed by atoms with Gasteiger partial charge in [0.2, 0.25) is 0 Å². The highest BCUT2D eigenvalue weighted by atomic mass is 127. The second-order valence-electron chi connectivity index (χ2n) is 4.30. The molecule has 0 fully saturated rings. The number of para-hydroxylation sites is 1. The van der Waals surface area contributed by atoms with Crippen molar-refractivity contribution in [3.05, 3.63) is 30.3 Å². The van der Waals surface area contributed by atoms with Crippen molar-refractivity contribution in [2.75, 3.05) is 31.6 Å². The number of nitrogens with zero attached hydrogens (tertiary/aromatic N) is 2. The molecule has 0 unspecified atom stereocenters. The van der Waals surface area contributed by atoms with Crippen LogP contribution in [0.25, 0.3) is 0 Å². The van der Waals surface area contributed by atoms with Gasteiger partial charge in [-0.2, -0.15) is 0 Å². The Hall–Kier alpha value is -0.980. The van der Waals surface area contributed by atoms with E-state index in [1.54, 1.807) is 0 Å². The number of anilines is 1. The van der Waals surface area contributed by atoms with E-state index in [9.17, 15) is 0 Å². The largest absolute Gasteiger partial charge is 0.375 e. The molecule has 0 spiro atoms. The lowest BCUT2D eigenvalue weighted by Gasteiger charge is -2.19. The van der Waals surface area contributed by atoms with E-state index in [4.69, 9.17) is 5.73 Å². The van der Waals surface area contributed by atoms with Gasteiger partial charge in [0, 0.05) is 32.4 Å². The predicted octanol–water partition coefficient (Wildman–Crippen LogP) is 2.45. The third-order valence-electron chi connectivity index (χ3n) is 2.68. The van der Waals surface area contributed by atoms with Gasteiger partial charge in [0.05, 0.1) is 0 Å². The molecule has 0 aromatic heterocycles. The van der Waals surface area contributed by atoms with E-state index >= 15 is 0 Å². The van der Waals surface area contributed by atoms with Gasteiger partial charge in [-0.1, -0.05) is 25.1 Å². The molecular formula is C14H25IN4. The van der Waals surface area contributed by atoms with Gasteiger partial charge in [0.25, 0.3) is 0 Å². The Morgan fingerprint density at radius 1 is 1.32 bits per heavy atom. The first kappa shape index (κ1) is 18.0. The van der Waals surface area contributed by atoms with Crippen molar-refractivity contribution in [3.63, 3.8) is 0 Å². The third kappa shape index (κ3) is 7.92. The van der Waals surface area contributed by atoms with Gasteiger partial charge in [-0.3, -0.25) is 4.99 Å². The molecule has 0 atom stereocenters. The fourth-order valence-corrected chi connectivity index (χ4v) is 1.63. The molecule has 1 rings (SSSR count). The van der Waals surface area contributed by atoms with Crippen molar-refractivity contribution in [2.24, 2.45) is 10.7 Å². The zero-order chi connectivity index (χ0) is 13.2. The van der Waals surface area contributed by atoms with E-state index in [0.717, 1.165) is 32.5 Å². The molecule has 0 bridgehead atoms. The molecule has 0 aliphatic carbocycles. The molecule has 0 saturated carbocycles. The molecule has 0 radical (unpaired) electrons. The molecule has 5 heteroatoms. The Kier molecular flexibility index (Phi) is 10.3. The Morgan fingerprint density at radius 3 is 2.63 bits per heavy atom. The number of halogens is 1. The van der Waals surface area contributed by atoms with E-state index in [-0.39, 0.29) is 24.0 Å². The van der Waals surface area contributed by atoms with Crippen LogP contribution >= 0.6 is 24.0 Å². The van der Waals surface area contributed by atoms with Gasteiger partial charge in [0.1, 0.15) is 0 Å². The molecule has 108 valence electrons. The number of benzene rings is 1. The summed E-state index contributed by atoms with van der Waals surface area (Å²) < 4.78 is 0. The van der Waals surface area contributed by atoms with E-state index in [1.807, 2.05) is 6.07 Å². The van der Waals surface area contributed by atoms with Crippen LogP contribution in [0.2, 0.25) is 0 Å². The third-order valence-corrected chi connectivity index (χ3v) is 2.68. The standard InChI is InChI=1S/C14H24N4.HI/c1-3-10-16-14(15)17-11-7-12-18(2)13-8-5-4-6-9-13;/h4-6,8-9H,3,7,10-12H2,1-2H3,(H3,15,16,17);1H. The lowest BCUT2D eigenvalue weighted by atomic mass is 10.3. The number of hydrogen-bond donors (Lipinski definition) is 2. The van der Waals surface area contributed by atoms with Crippen LogP contribution in [0.4, 0.5) is 5.69 Å². The van der Waals surface area contributed by atoms with Crippen LogP contribution in [0.15, 0.2) is 35.3 Å². The Bertz CT molecular complexity index is 354. The van der Waals surface area contributed by atoms with E-state index in [1.165, 1.54) is 5.69 Å². The highest BCUT2D eigenvalue weighted by Crippen LogP contribution is 2.10. The lowest BCUT2D eigenvalue weighted by Crippen LogP contribution is -2.34. The van der Waals surface area contributed by atoms with Crippen LogP contribution in [-0.2, 0) is 0 Å². The van der Waals surface area contributed by atoms with Crippen molar-refractivity contribution in [2.45, 2.75) is 19.8 Å². The van der Waals surface area contributed by atoms with E-state index in [0.29, 0.717) is 5.96 Å². The first-order valence-electron chi connectivity index (χ1n) is 6.54. The summed E-state index contributed by atoms with van der Waals surface area (Å²) in [5.41, 5.74) is 6.95. The Balaban J connectivity index is 0.00000324. The number of guanidine groups is 1. The molecule has 0 aliphatic rings. The van der Waals surface area contributed by atoms with Gasteiger partial charge in [0.15, 0.2) is 5.96 Å². The molecule has 1 aromatic carbocycles. The topological polar surface area (TPSA) is 53.6 Å². The summed E-state index contributed by atoms with van der Waals surface area (Å²) in [7, 11) is 2.10. The number of nitrogens with two attached hydrogens (primary N) is 1. The second-order valence-corrected chi connectivity index (χ2v) is 4.30. The molecule has 0 heterocycles. The summed E-state index contributed by atoms with van der Waals surface area (Å²) in [6.07, 6.45) is 2.06. The molecule has 0 amide bonds. The highest BCUT2D eigenvalue weighted by Gasteiger charge is 1.99. The second kappa shape index (κ2) is 10.9. The summed E-state index contributed by atoms with van der Waals surface area (Å²) >= 11 is 0. The molecule has 0 saturated heterocycles. The molecule has 1 aromatic rings. The van der Waals surface area contributed by atoms with Gasteiger partial charge in [-0.15, -0.1) is 24.0 Å². The highest BCUT2D eigenvalue weighted by molar-refractivity contribution is 14.0. The number of aliphatic imine (C=N–C) groups is 1. The quantitative estimate of drug-likeness (QED) is 0.333. The average molecular weight is 376 g/mol. The first-order valence-corrected chi connectivity index (χ1v) is 6.54. The number of nitrogens with one attached hydrogen (secondary N) is 1. The lowest BCUT2D eigenvalue weighted by molar-refractivity contribution is 0.746. The molecule has 19 heavy (non-hydrogen) atoms. The zero-order valence-electron chi connectivity index (χ0n) is 11.8. The summed E-state index contributed by atoms with van der Waals surface area (Å²) in [5, 5.41) is 3.13. The summed E-state index contributed by atoms with van der Waals surface area (Å²) in [4.78, 5) is 6.42. The predicted molar refractivity (Wildman–Crippen MR) is 94.5 cm³/mol. The minimum Gasteiger partial charge on any atom is -0.375 e. The van der Waals surface area contributed by atoms with Crippen molar-refractivity contribution < 1.29 is 0 Å². The number of hydrogen-bond acceptors (Lipinski definition) is 2. The van der Waals surface area contributed by atoms with E-state index in [2.05, 4.69) is 53.4 Å². The van der Waals surface area contributed by atoms with Gasteiger partial charge in [-0.25, -0.2) is 0 Å². The van der Waals surface area contributed by atoms with Crippen LogP contribution in [0.5, 0.6) is 0 Å². The monoisotopic (exact) mass is 376 g/mol. The SMILES string of the molecule is CCCN=C(N)NCCCN(C)c1ccccc1.I. The molecule has 3 N–H and O–H groups in total. The van der Waals surface area contributed by atoms with Crippen molar-refractivity contribution in [3.8, 4) is 0 Å². The summed E-state index contributed by atoms with van der Waals surface area (Å²) in [6, 6.07) is 10.4. The van der Waals surface area contributed by atoms with Crippen LogP contribution < -0.4 is 16.0 Å². The average Bonchev–Trinajstić information content (AvgIpc) is 2.42. The maximum absolute atomic E-state index is 5.71. The van der Waals surface area contributed by atoms with Crippen LogP contribution in [0, 0.1) is 0 Å². The fraction of sp³-hybridized carbons (Fsp3) is 0.500. The Morgan fingerprint density at radius 2 is 2.00 bits per heavy atom. The summed E-state index contributed by atoms with van der Waals surface area (Å²) in [6.45, 7) is 4.74. The van der Waals surface area contributed by atoms with Gasteiger partial charge < -0.3 is 16.0 Å². The van der Waals surface area contributed by atoms with Crippen molar-refractivity contribution in [1.82, 2.24) is 5.32 Å². The maximum atomic E-state index is 5.71. The smallest absolute Gasteiger partial charge is 0.188 e.